The van der Waals surface area contributed by atoms with Crippen molar-refractivity contribution in [2.45, 2.75) is 55.4 Å². The predicted octanol–water partition coefficient (Wildman–Crippen LogP) is 9.31. The maximum Gasteiger partial charge on any atom is 5.00 e. The molecule has 0 aromatic heterocycles. The number of rotatable bonds is 8. The monoisotopic (exact) mass is 915 g/mol. The normalized spacial score (nSPS) is 6.90. The van der Waals surface area contributed by atoms with E-state index in [-0.39, 0.29) is 44.8 Å². The molecule has 0 saturated carbocycles. The van der Waals surface area contributed by atoms with Crippen LogP contribution in [0.25, 0.3) is 53.2 Å². The molecule has 0 aromatic rings. The number of hydrogen-bond donors (Lipinski definition) is 0. The molecular formula is C28H76N10Ta2. The van der Waals surface area contributed by atoms with Crippen LogP contribution in [-0.4, -0.2) is 137 Å². The Balaban J connectivity index is -0.0000000219. The molecule has 0 aliphatic rings. The molecule has 0 unspecified atom stereocenters. The summed E-state index contributed by atoms with van der Waals surface area (Å²) in [5, 5.41) is 36.9. The molecule has 40 heavy (non-hydrogen) atoms. The fourth-order valence-corrected chi connectivity index (χ4v) is 0.894. The fraction of sp³-hybridized carbons (Fsp3) is 1.00. The molecule has 248 valence electrons. The van der Waals surface area contributed by atoms with Gasteiger partial charge in [-0.3, -0.25) is 0 Å². The molecule has 0 spiro atoms. The quantitative estimate of drug-likeness (QED) is 0.229. The van der Waals surface area contributed by atoms with Crippen molar-refractivity contribution in [3.05, 3.63) is 53.2 Å². The van der Waals surface area contributed by atoms with Crippen molar-refractivity contribution in [2.75, 3.05) is 137 Å². The van der Waals surface area contributed by atoms with E-state index in [0.717, 1.165) is 52.4 Å². The van der Waals surface area contributed by atoms with Crippen molar-refractivity contribution < 1.29 is 44.8 Å². The second-order valence-electron chi connectivity index (χ2n) is 6.11. The minimum Gasteiger partial charge on any atom is -0.668 e. The van der Waals surface area contributed by atoms with E-state index in [0.29, 0.717) is 0 Å². The molecule has 0 aliphatic heterocycles. The topological polar surface area (TPSA) is 141 Å². The Morgan fingerprint density at radius 3 is 0.275 bits per heavy atom. The van der Waals surface area contributed by atoms with E-state index in [2.05, 4.69) is 53.2 Å². The first kappa shape index (κ1) is 78.0. The third-order valence-electron chi connectivity index (χ3n) is 1.79. The maximum absolute atomic E-state index is 3.97. The SMILES string of the molecule is CC[N-]CC.CC[N-]CC.CC[N-]CC.CC[N-]CC.C[N-]C.C[N-]C.C[N-]C.C[N-]C.C[N-]C.C[N-]C.[Ta+5].[Ta+5]. The molecule has 10 nitrogen and oxygen atoms in total. The zero-order valence-corrected chi connectivity index (χ0v) is 37.5. The Bertz CT molecular complexity index is 146. The zero-order valence-electron chi connectivity index (χ0n) is 31.0. The summed E-state index contributed by atoms with van der Waals surface area (Å²) in [7, 11) is 21.0. The van der Waals surface area contributed by atoms with Crippen LogP contribution < -0.4 is 0 Å². The van der Waals surface area contributed by atoms with Gasteiger partial charge in [-0.25, -0.2) is 0 Å². The first-order valence-electron chi connectivity index (χ1n) is 13.6. The molecule has 0 N–H and O–H groups in total. The van der Waals surface area contributed by atoms with E-state index in [1.54, 1.807) is 84.6 Å². The Kier molecular flexibility index (Phi) is 328. The smallest absolute Gasteiger partial charge is 0.668 e. The minimum absolute atomic E-state index is 0. The summed E-state index contributed by atoms with van der Waals surface area (Å²) < 4.78 is 0. The van der Waals surface area contributed by atoms with Crippen molar-refractivity contribution in [3.63, 3.8) is 0 Å². The Hall–Kier alpha value is 1.08. The Morgan fingerprint density at radius 1 is 0.225 bits per heavy atom. The van der Waals surface area contributed by atoms with Crippen molar-refractivity contribution >= 4 is 0 Å². The first-order chi connectivity index (χ1) is 18.1. The van der Waals surface area contributed by atoms with Crippen LogP contribution in [0.2, 0.25) is 0 Å². The summed E-state index contributed by atoms with van der Waals surface area (Å²) >= 11 is 0. The average Bonchev–Trinajstić information content (AvgIpc) is 2.86. The molecule has 0 fully saturated rings. The van der Waals surface area contributed by atoms with Gasteiger partial charge in [-0.2, -0.15) is 137 Å². The summed E-state index contributed by atoms with van der Waals surface area (Å²) in [6, 6.07) is 0. The summed E-state index contributed by atoms with van der Waals surface area (Å²) in [6.07, 6.45) is 0. The standard InChI is InChI=1S/4C4H10N.6C2H6N.2Ta/c4*1-3-5-4-2;6*1-3-2;;/h4*3-4H2,1-2H3;6*1-2H3;;/q10*-1;2*+5. The van der Waals surface area contributed by atoms with Crippen LogP contribution in [0.15, 0.2) is 0 Å². The second kappa shape index (κ2) is 168. The largest absolute Gasteiger partial charge is 5.00 e. The van der Waals surface area contributed by atoms with Gasteiger partial charge >= 0.3 is 44.8 Å². The van der Waals surface area contributed by atoms with Gasteiger partial charge in [0.05, 0.1) is 0 Å². The molecule has 0 heterocycles. The fourth-order valence-electron chi connectivity index (χ4n) is 0.894. The molecule has 0 rings (SSSR count). The van der Waals surface area contributed by atoms with Gasteiger partial charge in [-0.1, -0.05) is 55.4 Å². The Morgan fingerprint density at radius 2 is 0.275 bits per heavy atom. The van der Waals surface area contributed by atoms with Crippen molar-refractivity contribution in [3.8, 4) is 0 Å². The van der Waals surface area contributed by atoms with Gasteiger partial charge in [-0.05, 0) is 0 Å². The van der Waals surface area contributed by atoms with Crippen molar-refractivity contribution in [1.29, 1.82) is 0 Å². The van der Waals surface area contributed by atoms with Crippen molar-refractivity contribution in [1.82, 2.24) is 0 Å². The van der Waals surface area contributed by atoms with Crippen LogP contribution in [0.4, 0.5) is 0 Å². The van der Waals surface area contributed by atoms with Crippen LogP contribution >= 0.6 is 0 Å². The van der Waals surface area contributed by atoms with E-state index in [1.807, 2.05) is 55.4 Å². The zero-order chi connectivity index (χ0) is 32.7. The van der Waals surface area contributed by atoms with Crippen LogP contribution in [-0.2, 0) is 44.8 Å². The van der Waals surface area contributed by atoms with Gasteiger partial charge in [-0.15, -0.1) is 0 Å². The second-order valence-corrected chi connectivity index (χ2v) is 6.11. The van der Waals surface area contributed by atoms with Gasteiger partial charge in [0.25, 0.3) is 0 Å². The number of nitrogens with zero attached hydrogens (tertiary/aromatic N) is 10. The summed E-state index contributed by atoms with van der Waals surface area (Å²) in [5.74, 6) is 0. The van der Waals surface area contributed by atoms with Gasteiger partial charge in [0.1, 0.15) is 0 Å². The molecule has 0 aliphatic carbocycles. The summed E-state index contributed by atoms with van der Waals surface area (Å²) in [4.78, 5) is 0. The van der Waals surface area contributed by atoms with Gasteiger partial charge in [0.2, 0.25) is 0 Å². The van der Waals surface area contributed by atoms with E-state index < -0.39 is 0 Å². The van der Waals surface area contributed by atoms with Gasteiger partial charge < -0.3 is 53.2 Å². The van der Waals surface area contributed by atoms with Crippen molar-refractivity contribution in [2.24, 2.45) is 0 Å². The maximum atomic E-state index is 3.97. The molecule has 0 saturated heterocycles. The van der Waals surface area contributed by atoms with E-state index >= 15 is 0 Å². The Labute approximate surface area is 288 Å². The van der Waals surface area contributed by atoms with Crippen LogP contribution in [0.5, 0.6) is 0 Å². The van der Waals surface area contributed by atoms with E-state index in [9.17, 15) is 0 Å². The van der Waals surface area contributed by atoms with E-state index in [4.69, 9.17) is 0 Å². The first-order valence-corrected chi connectivity index (χ1v) is 13.6. The van der Waals surface area contributed by atoms with Crippen LogP contribution in [0, 0.1) is 0 Å². The molecule has 0 aromatic carbocycles. The molecule has 0 radical (unpaired) electrons. The van der Waals surface area contributed by atoms with Crippen LogP contribution in [0.1, 0.15) is 55.4 Å². The molecule has 12 heteroatoms. The minimum atomic E-state index is 0. The molecular weight excluding hydrogens is 838 g/mol. The van der Waals surface area contributed by atoms with Gasteiger partial charge in [0.15, 0.2) is 0 Å². The number of hydrogen-bond acceptors (Lipinski definition) is 0. The van der Waals surface area contributed by atoms with Gasteiger partial charge in [0, 0.05) is 0 Å². The molecule has 0 amide bonds. The van der Waals surface area contributed by atoms with E-state index in [1.165, 1.54) is 0 Å². The van der Waals surface area contributed by atoms with Crippen LogP contribution in [0.3, 0.4) is 0 Å². The molecule has 0 bridgehead atoms. The third-order valence-corrected chi connectivity index (χ3v) is 1.79. The summed E-state index contributed by atoms with van der Waals surface area (Å²) in [5.41, 5.74) is 0. The third kappa shape index (κ3) is 687. The average molecular weight is 915 g/mol. The molecule has 0 atom stereocenters. The predicted molar refractivity (Wildman–Crippen MR) is 189 cm³/mol. The summed E-state index contributed by atoms with van der Waals surface area (Å²) in [6.45, 7) is 24.1.